The predicted molar refractivity (Wildman–Crippen MR) is 161 cm³/mol. The van der Waals surface area contributed by atoms with E-state index in [9.17, 15) is 29.8 Å². The maximum absolute atomic E-state index is 13.1. The van der Waals surface area contributed by atoms with Gasteiger partial charge in [-0.3, -0.25) is 19.7 Å². The van der Waals surface area contributed by atoms with Crippen molar-refractivity contribution < 1.29 is 24.0 Å². The molecule has 4 rings (SSSR count). The second-order valence-electron chi connectivity index (χ2n) is 10.5. The summed E-state index contributed by atoms with van der Waals surface area (Å²) in [6.07, 6.45) is 0.0776. The minimum Gasteiger partial charge on any atom is -0.444 e. The van der Waals surface area contributed by atoms with Gasteiger partial charge in [0.15, 0.2) is 0 Å². The number of rotatable bonds is 7. The molecule has 0 saturated carbocycles. The summed E-state index contributed by atoms with van der Waals surface area (Å²) in [5, 5.41) is 26.2. The molecule has 11 nitrogen and oxygen atoms in total. The highest BCUT2D eigenvalue weighted by Crippen LogP contribution is 2.37. The van der Waals surface area contributed by atoms with Crippen molar-refractivity contribution in [2.45, 2.75) is 56.4 Å². The second-order valence-corrected chi connectivity index (χ2v) is 13.0. The van der Waals surface area contributed by atoms with Gasteiger partial charge in [-0.05, 0) is 70.0 Å². The van der Waals surface area contributed by atoms with Crippen molar-refractivity contribution in [3.63, 3.8) is 0 Å². The van der Waals surface area contributed by atoms with Crippen LogP contribution in [0.2, 0.25) is 0 Å². The highest BCUT2D eigenvalue weighted by molar-refractivity contribution is 8.00. The van der Waals surface area contributed by atoms with E-state index in [1.807, 2.05) is 6.07 Å². The number of fused-ring (bicyclic) bond motifs is 1. The fraction of sp³-hybridized carbons (Fsp3) is 0.310. The number of thioether (sulfide) groups is 1. The lowest BCUT2D eigenvalue weighted by atomic mass is 10.0. The number of nitrogens with one attached hydrogen (secondary N) is 2. The van der Waals surface area contributed by atoms with E-state index in [1.165, 1.54) is 47.4 Å². The van der Waals surface area contributed by atoms with Crippen molar-refractivity contribution in [1.29, 1.82) is 5.26 Å². The molecule has 1 aliphatic rings. The number of carbonyl (C=O) groups is 3. The van der Waals surface area contributed by atoms with E-state index in [1.54, 1.807) is 50.8 Å². The van der Waals surface area contributed by atoms with Crippen molar-refractivity contribution >= 4 is 57.4 Å². The Bertz CT molecular complexity index is 1570. The van der Waals surface area contributed by atoms with Crippen LogP contribution in [-0.2, 0) is 22.5 Å². The number of anilines is 2. The Morgan fingerprint density at radius 3 is 2.52 bits per heavy atom. The molecule has 1 aliphatic heterocycles. The first-order valence-corrected chi connectivity index (χ1v) is 14.7. The third kappa shape index (κ3) is 7.45. The number of nitro benzene ring substituents is 1. The molecule has 0 bridgehead atoms. The number of thiophene rings is 1. The highest BCUT2D eigenvalue weighted by atomic mass is 32.2. The summed E-state index contributed by atoms with van der Waals surface area (Å²) in [5.41, 5.74) is 1.31. The van der Waals surface area contributed by atoms with Gasteiger partial charge in [0.05, 0.1) is 22.3 Å². The largest absolute Gasteiger partial charge is 0.444 e. The molecule has 13 heteroatoms. The zero-order chi connectivity index (χ0) is 30.6. The Morgan fingerprint density at radius 2 is 1.88 bits per heavy atom. The quantitative estimate of drug-likeness (QED) is 0.183. The van der Waals surface area contributed by atoms with Crippen LogP contribution in [0.4, 0.5) is 21.2 Å². The first-order valence-electron chi connectivity index (χ1n) is 13.0. The number of amides is 3. The van der Waals surface area contributed by atoms with E-state index in [0.717, 1.165) is 15.3 Å². The van der Waals surface area contributed by atoms with Crippen molar-refractivity contribution in [1.82, 2.24) is 4.90 Å². The number of nitrogens with zero attached hydrogens (tertiary/aromatic N) is 3. The molecule has 2 heterocycles. The first kappa shape index (κ1) is 30.5. The van der Waals surface area contributed by atoms with Gasteiger partial charge in [0.2, 0.25) is 5.91 Å². The molecule has 2 N–H and O–H groups in total. The lowest BCUT2D eigenvalue weighted by molar-refractivity contribution is -0.384. The summed E-state index contributed by atoms with van der Waals surface area (Å²) >= 11 is 2.57. The summed E-state index contributed by atoms with van der Waals surface area (Å²) < 4.78 is 5.48. The number of hydrogen-bond donors (Lipinski definition) is 2. The molecule has 0 fully saturated rings. The number of nitriles is 1. The van der Waals surface area contributed by atoms with Crippen LogP contribution >= 0.6 is 23.1 Å². The van der Waals surface area contributed by atoms with E-state index in [0.29, 0.717) is 35.8 Å². The minimum absolute atomic E-state index is 0.107. The lowest BCUT2D eigenvalue weighted by Gasteiger charge is -2.29. The van der Waals surface area contributed by atoms with Crippen LogP contribution in [0, 0.1) is 21.4 Å². The van der Waals surface area contributed by atoms with E-state index in [4.69, 9.17) is 4.74 Å². The average molecular weight is 608 g/mol. The average Bonchev–Trinajstić information content (AvgIpc) is 3.28. The van der Waals surface area contributed by atoms with Crippen LogP contribution in [0.5, 0.6) is 0 Å². The number of nitro groups is 1. The summed E-state index contributed by atoms with van der Waals surface area (Å²) in [5.74, 6) is -0.715. The molecule has 0 spiro atoms. The Balaban J connectivity index is 1.39. The van der Waals surface area contributed by atoms with Crippen LogP contribution < -0.4 is 10.6 Å². The molecular formula is C29H29N5O6S2. The van der Waals surface area contributed by atoms with Gasteiger partial charge in [-0.2, -0.15) is 5.26 Å². The SMILES string of the molecule is CC(Sc1cccc(NC(=O)c2ccc([N+](=O)[O-])cc2)c1)C(=O)Nc1sc2c(c1C#N)CCN(C(=O)OC(C)(C)C)C2. The molecule has 0 aliphatic carbocycles. The van der Waals surface area contributed by atoms with Crippen molar-refractivity contribution in [2.75, 3.05) is 17.2 Å². The van der Waals surface area contributed by atoms with E-state index in [2.05, 4.69) is 16.7 Å². The molecule has 0 radical (unpaired) electrons. The van der Waals surface area contributed by atoms with E-state index >= 15 is 0 Å². The molecule has 3 amide bonds. The fourth-order valence-corrected chi connectivity index (χ4v) is 6.29. The number of carbonyl (C=O) groups excluding carboxylic acids is 3. The first-order chi connectivity index (χ1) is 19.8. The number of benzene rings is 2. The molecule has 1 atom stereocenters. The molecule has 1 aromatic heterocycles. The lowest BCUT2D eigenvalue weighted by Crippen LogP contribution is -2.39. The second kappa shape index (κ2) is 12.6. The van der Waals surface area contributed by atoms with Gasteiger partial charge in [-0.15, -0.1) is 23.1 Å². The van der Waals surface area contributed by atoms with Gasteiger partial charge in [-0.1, -0.05) is 6.07 Å². The number of ether oxygens (including phenoxy) is 1. The van der Waals surface area contributed by atoms with Gasteiger partial charge in [0.25, 0.3) is 11.6 Å². The van der Waals surface area contributed by atoms with Gasteiger partial charge < -0.3 is 20.3 Å². The third-order valence-corrected chi connectivity index (χ3v) is 8.40. The molecule has 218 valence electrons. The normalized spacial score (nSPS) is 13.4. The van der Waals surface area contributed by atoms with Gasteiger partial charge in [0, 0.05) is 39.7 Å². The van der Waals surface area contributed by atoms with Crippen molar-refractivity contribution in [3.05, 3.63) is 80.2 Å². The minimum atomic E-state index is -0.615. The Kier molecular flexibility index (Phi) is 9.18. The van der Waals surface area contributed by atoms with Crippen molar-refractivity contribution in [2.24, 2.45) is 0 Å². The topological polar surface area (TPSA) is 155 Å². The van der Waals surface area contributed by atoms with Crippen LogP contribution in [-0.4, -0.2) is 45.1 Å². The van der Waals surface area contributed by atoms with Crippen LogP contribution in [0.1, 0.15) is 54.1 Å². The van der Waals surface area contributed by atoms with Gasteiger partial charge in [-0.25, -0.2) is 4.79 Å². The molecule has 1 unspecified atom stereocenters. The molecule has 3 aromatic rings. The Morgan fingerprint density at radius 1 is 1.17 bits per heavy atom. The third-order valence-electron chi connectivity index (χ3n) is 6.17. The molecular weight excluding hydrogens is 578 g/mol. The maximum Gasteiger partial charge on any atom is 0.410 e. The van der Waals surface area contributed by atoms with Crippen molar-refractivity contribution in [3.8, 4) is 6.07 Å². The zero-order valence-corrected chi connectivity index (χ0v) is 25.1. The fourth-order valence-electron chi connectivity index (χ4n) is 4.15. The van der Waals surface area contributed by atoms with Crippen LogP contribution in [0.15, 0.2) is 53.4 Å². The summed E-state index contributed by atoms with van der Waals surface area (Å²) in [7, 11) is 0. The monoisotopic (exact) mass is 607 g/mol. The van der Waals surface area contributed by atoms with Gasteiger partial charge in [0.1, 0.15) is 16.7 Å². The Hall–Kier alpha value is -4.41. The smallest absolute Gasteiger partial charge is 0.410 e. The number of hydrogen-bond acceptors (Lipinski definition) is 9. The zero-order valence-electron chi connectivity index (χ0n) is 23.4. The summed E-state index contributed by atoms with van der Waals surface area (Å²) in [6, 6.07) is 14.5. The predicted octanol–water partition coefficient (Wildman–Crippen LogP) is 6.19. The van der Waals surface area contributed by atoms with Crippen LogP contribution in [0.3, 0.4) is 0 Å². The molecule has 2 aromatic carbocycles. The summed E-state index contributed by atoms with van der Waals surface area (Å²) in [6.45, 7) is 7.89. The maximum atomic E-state index is 13.1. The van der Waals surface area contributed by atoms with Crippen LogP contribution in [0.25, 0.3) is 0 Å². The highest BCUT2D eigenvalue weighted by Gasteiger charge is 2.30. The Labute approximate surface area is 251 Å². The summed E-state index contributed by atoms with van der Waals surface area (Å²) in [4.78, 5) is 51.7. The van der Waals surface area contributed by atoms with Gasteiger partial charge >= 0.3 is 6.09 Å². The number of non-ortho nitro benzene ring substituents is 1. The molecule has 42 heavy (non-hydrogen) atoms. The van der Waals surface area contributed by atoms with E-state index in [-0.39, 0.29) is 17.2 Å². The van der Waals surface area contributed by atoms with E-state index < -0.39 is 27.8 Å². The standard InChI is InChI=1S/C29H29N5O6S2/c1-17(41-21-7-5-6-19(14-21)31-26(36)18-8-10-20(11-9-18)34(38)39)25(35)32-27-23(15-30)22-12-13-33(16-24(22)42-27)28(37)40-29(2,3)4/h5-11,14,17H,12-13,16H2,1-4H3,(H,31,36)(H,32,35). The molecule has 0 saturated heterocycles.